The fourth-order valence-electron chi connectivity index (χ4n) is 4.39. The molecule has 1 aliphatic carbocycles. The Hall–Kier alpha value is -3.03. The fourth-order valence-corrected chi connectivity index (χ4v) is 4.39. The predicted molar refractivity (Wildman–Crippen MR) is 186 cm³/mol. The molecule has 1 unspecified atom stereocenters. The number of aliphatic imine (C=N–C) groups is 1. The van der Waals surface area contributed by atoms with Crippen LogP contribution in [0.1, 0.15) is 49.7 Å². The summed E-state index contributed by atoms with van der Waals surface area (Å²) in [5.41, 5.74) is 10.2. The Bertz CT molecular complexity index is 1510. The Morgan fingerprint density at radius 1 is 1.32 bits per heavy atom. The number of nitrogens with two attached hydrogens (primary N) is 1. The van der Waals surface area contributed by atoms with E-state index in [0.717, 1.165) is 43.9 Å². The molecule has 246 valence electrons. The molecule has 1 aromatic heterocycles. The van der Waals surface area contributed by atoms with Gasteiger partial charge in [0, 0.05) is 25.6 Å². The van der Waals surface area contributed by atoms with E-state index < -0.39 is 6.10 Å². The van der Waals surface area contributed by atoms with Crippen LogP contribution in [0, 0.1) is 37.2 Å². The van der Waals surface area contributed by atoms with E-state index in [1.807, 2.05) is 38.1 Å². The van der Waals surface area contributed by atoms with Crippen LogP contribution in [-0.4, -0.2) is 59.7 Å². The molecule has 2 aromatic rings. The van der Waals surface area contributed by atoms with E-state index >= 15 is 0 Å². The second kappa shape index (κ2) is 19.7. The Morgan fingerprint density at radius 3 is 2.55 bits per heavy atom. The van der Waals surface area contributed by atoms with Crippen molar-refractivity contribution in [3.63, 3.8) is 0 Å². The van der Waals surface area contributed by atoms with Gasteiger partial charge in [0.15, 0.2) is 0 Å². The van der Waals surface area contributed by atoms with Crippen LogP contribution >= 0.6 is 0 Å². The minimum Gasteiger partial charge on any atom is -0.507 e. The number of pyridine rings is 1. The maximum absolute atomic E-state index is 11.9. The minimum absolute atomic E-state index is 0. The summed E-state index contributed by atoms with van der Waals surface area (Å²) in [5, 5.41) is 24.3. The van der Waals surface area contributed by atoms with Crippen molar-refractivity contribution >= 4 is 28.7 Å². The summed E-state index contributed by atoms with van der Waals surface area (Å²) < 4.78 is 5.55. The molecular formula is C36H46KN7O3-2. The molecule has 0 radical (unpaired) electrons. The number of methoxy groups -OCH3 is 1. The number of carbonyl (C=O) groups is 1. The topological polar surface area (TPSA) is 149 Å². The number of rotatable bonds is 14. The van der Waals surface area contributed by atoms with Crippen molar-refractivity contribution in [3.8, 4) is 5.75 Å². The number of allylic oxidation sites excluding steroid dienone is 3. The Labute approximate surface area is 322 Å². The Kier molecular flexibility index (Phi) is 16.8. The molecule has 2 heterocycles. The van der Waals surface area contributed by atoms with Gasteiger partial charge >= 0.3 is 51.4 Å². The van der Waals surface area contributed by atoms with E-state index in [1.165, 1.54) is 13.2 Å². The standard InChI is InChI=1S/C23H27N5O2.C13H19N2O.K/c1-6-8-14(2)17-9-7-10-18(22(17)30-5)27-19(21(25)15(3)26-4)13-20(24)28-23(29)16-11-12-16;1-10(2)13(16)12-6-3-5-11(14-12)9-15-7-4-8-15;/h2,6-10,13,16,25-27H,1,3,11-12H2,4-5H3,(H2,24,28,29);3-6,10,13,16H,7-9H2,1-2H3;/q-2;-1;+1/b8-6-,19-13+,25-21?;;. The van der Waals surface area contributed by atoms with Gasteiger partial charge in [-0.1, -0.05) is 38.1 Å². The molecule has 2 aliphatic rings. The SMILES string of the molecule is CC(C)C(O)c1cccc(CN2C[CH-]C2)n1.[CH-]=C(/C=C\[CH2-])c1cccc(N/C(=C/C(N)=NC(=O)C2CC2)C(=N)C(=C)NC)c1OC.[K+]. The van der Waals surface area contributed by atoms with Gasteiger partial charge in [0.2, 0.25) is 0 Å². The number of hydrogen-bond donors (Lipinski definition) is 5. The van der Waals surface area contributed by atoms with E-state index in [0.29, 0.717) is 34.0 Å². The molecule has 1 aromatic carbocycles. The van der Waals surface area contributed by atoms with Gasteiger partial charge < -0.3 is 37.5 Å². The minimum atomic E-state index is -0.456. The molecular weight excluding hydrogens is 618 g/mol. The van der Waals surface area contributed by atoms with Gasteiger partial charge in [0.25, 0.3) is 5.91 Å². The molecule has 1 atom stereocenters. The van der Waals surface area contributed by atoms with Crippen LogP contribution in [0.25, 0.3) is 5.57 Å². The number of likely N-dealkylation sites (tertiary alicyclic amines) is 1. The van der Waals surface area contributed by atoms with Crippen molar-refractivity contribution in [2.24, 2.45) is 22.6 Å². The van der Waals surface area contributed by atoms with Crippen molar-refractivity contribution in [2.45, 2.75) is 39.3 Å². The Balaban J connectivity index is 0.000000380. The summed E-state index contributed by atoms with van der Waals surface area (Å²) in [6, 6.07) is 11.3. The summed E-state index contributed by atoms with van der Waals surface area (Å²) in [6.07, 6.45) is 8.13. The fraction of sp³-hybridized carbons (Fsp3) is 0.333. The number of ether oxygens (including phenoxy) is 1. The van der Waals surface area contributed by atoms with E-state index in [9.17, 15) is 9.90 Å². The van der Waals surface area contributed by atoms with Gasteiger partial charge in [-0.3, -0.25) is 15.2 Å². The van der Waals surface area contributed by atoms with E-state index in [2.05, 4.69) is 45.4 Å². The van der Waals surface area contributed by atoms with Crippen LogP contribution in [0.5, 0.6) is 5.75 Å². The number of benzene rings is 1. The summed E-state index contributed by atoms with van der Waals surface area (Å²) in [6.45, 7) is 20.6. The number of nitrogens with zero attached hydrogens (tertiary/aromatic N) is 3. The zero-order valence-electron chi connectivity index (χ0n) is 28.2. The molecule has 2 fully saturated rings. The zero-order valence-corrected chi connectivity index (χ0v) is 31.3. The third-order valence-corrected chi connectivity index (χ3v) is 7.35. The van der Waals surface area contributed by atoms with E-state index in [-0.39, 0.29) is 80.7 Å². The van der Waals surface area contributed by atoms with Crippen molar-refractivity contribution in [1.29, 1.82) is 5.41 Å². The summed E-state index contributed by atoms with van der Waals surface area (Å²) in [4.78, 5) is 22.7. The molecule has 6 N–H and O–H groups in total. The van der Waals surface area contributed by atoms with Gasteiger partial charge in [-0.15, -0.1) is 19.2 Å². The molecule has 1 amide bonds. The van der Waals surface area contributed by atoms with Crippen molar-refractivity contribution in [3.05, 3.63) is 109 Å². The monoisotopic (exact) mass is 663 g/mol. The van der Waals surface area contributed by atoms with Gasteiger partial charge in [0.05, 0.1) is 47.4 Å². The zero-order chi connectivity index (χ0) is 33.8. The number of aliphatic hydroxyl groups is 1. The number of para-hydroxylation sites is 1. The van der Waals surface area contributed by atoms with Crippen LogP contribution in [0.2, 0.25) is 0 Å². The summed E-state index contributed by atoms with van der Waals surface area (Å²) in [5.74, 6) is 0.399. The number of aliphatic hydroxyl groups excluding tert-OH is 1. The van der Waals surface area contributed by atoms with Gasteiger partial charge in [-0.2, -0.15) is 4.99 Å². The third-order valence-electron chi connectivity index (χ3n) is 7.35. The predicted octanol–water partition coefficient (Wildman–Crippen LogP) is 2.04. The first-order chi connectivity index (χ1) is 22.0. The van der Waals surface area contributed by atoms with Crippen LogP contribution < -0.4 is 72.5 Å². The molecule has 0 spiro atoms. The largest absolute Gasteiger partial charge is 1.00 e. The van der Waals surface area contributed by atoms with Crippen LogP contribution in [0.4, 0.5) is 5.69 Å². The molecule has 11 heteroatoms. The molecule has 1 saturated carbocycles. The van der Waals surface area contributed by atoms with Crippen molar-refractivity contribution < 1.29 is 66.0 Å². The molecule has 0 bridgehead atoms. The number of hydrogen-bond acceptors (Lipinski definition) is 8. The Morgan fingerprint density at radius 2 is 2.00 bits per heavy atom. The number of amidine groups is 1. The second-order valence-electron chi connectivity index (χ2n) is 11.4. The molecule has 1 aliphatic heterocycles. The second-order valence-corrected chi connectivity index (χ2v) is 11.4. The van der Waals surface area contributed by atoms with Gasteiger partial charge in [-0.25, -0.2) is 31.2 Å². The third kappa shape index (κ3) is 12.2. The first-order valence-corrected chi connectivity index (χ1v) is 15.2. The smallest absolute Gasteiger partial charge is 0.507 e. The number of aromatic nitrogens is 1. The average Bonchev–Trinajstić information content (AvgIpc) is 3.88. The van der Waals surface area contributed by atoms with Crippen LogP contribution in [-0.2, 0) is 11.3 Å². The molecule has 47 heavy (non-hydrogen) atoms. The molecule has 1 saturated heterocycles. The normalized spacial score (nSPS) is 15.4. The first-order valence-electron chi connectivity index (χ1n) is 15.2. The molecule has 10 nitrogen and oxygen atoms in total. The summed E-state index contributed by atoms with van der Waals surface area (Å²) >= 11 is 0. The van der Waals surface area contributed by atoms with Gasteiger partial charge in [0.1, 0.15) is 11.5 Å². The van der Waals surface area contributed by atoms with Crippen LogP contribution in [0.3, 0.4) is 0 Å². The number of amides is 1. The van der Waals surface area contributed by atoms with E-state index in [4.69, 9.17) is 22.5 Å². The maximum atomic E-state index is 11.9. The average molecular weight is 664 g/mol. The quantitative estimate of drug-likeness (QED) is 0.0678. The molecule has 4 rings (SSSR count). The first kappa shape index (κ1) is 40.1. The van der Waals surface area contributed by atoms with Crippen molar-refractivity contribution in [1.82, 2.24) is 15.2 Å². The van der Waals surface area contributed by atoms with Crippen molar-refractivity contribution in [2.75, 3.05) is 32.6 Å². The number of nitrogens with one attached hydrogen (secondary N) is 3. The van der Waals surface area contributed by atoms with E-state index in [1.54, 1.807) is 31.3 Å². The summed E-state index contributed by atoms with van der Waals surface area (Å²) in [7, 11) is 3.18. The maximum Gasteiger partial charge on any atom is 1.00 e. The number of carbonyl (C=O) groups excluding carboxylic acids is 1. The van der Waals surface area contributed by atoms with Crippen LogP contribution in [0.15, 0.2) is 77.6 Å². The number of anilines is 1. The van der Waals surface area contributed by atoms with Gasteiger partial charge in [-0.05, 0) is 37.0 Å².